The molecule has 1 fully saturated rings. The van der Waals surface area contributed by atoms with Gasteiger partial charge < -0.3 is 4.90 Å². The highest BCUT2D eigenvalue weighted by molar-refractivity contribution is 7.99. The molecule has 0 bridgehead atoms. The Morgan fingerprint density at radius 2 is 2.00 bits per heavy atom. The van der Waals surface area contributed by atoms with Crippen LogP contribution in [0.3, 0.4) is 0 Å². The minimum atomic E-state index is -1.09. The van der Waals surface area contributed by atoms with E-state index in [0.29, 0.717) is 0 Å². The van der Waals surface area contributed by atoms with Crippen LogP contribution in [0.2, 0.25) is 0 Å². The molecule has 1 saturated heterocycles. The summed E-state index contributed by atoms with van der Waals surface area (Å²) in [5.74, 6) is 1.70. The molecule has 0 aromatic rings. The van der Waals surface area contributed by atoms with Crippen LogP contribution >= 0.6 is 11.8 Å². The van der Waals surface area contributed by atoms with Gasteiger partial charge in [-0.3, -0.25) is 4.79 Å². The van der Waals surface area contributed by atoms with Crippen LogP contribution in [0, 0.1) is 0 Å². The number of carbonyl (C=O) groups is 1. The van der Waals surface area contributed by atoms with Crippen molar-refractivity contribution in [1.29, 1.82) is 0 Å². The fraction of sp³-hybridized carbons (Fsp3) is 0.857. The molecule has 63 valence electrons. The summed E-state index contributed by atoms with van der Waals surface area (Å²) in [7, 11) is 0. The molecule has 11 heavy (non-hydrogen) atoms. The zero-order valence-electron chi connectivity index (χ0n) is 6.58. The second kappa shape index (κ2) is 3.97. The number of amides is 1. The fourth-order valence-corrected chi connectivity index (χ4v) is 1.94. The monoisotopic (exact) mass is 174 g/mol. The zero-order valence-corrected chi connectivity index (χ0v) is 7.39. The Bertz CT molecular complexity index is 143. The largest absolute Gasteiger partial charge is 0.339 e. The van der Waals surface area contributed by atoms with Gasteiger partial charge in [-0.1, -0.05) is 0 Å². The van der Waals surface area contributed by atoms with Gasteiger partial charge in [0.15, 0.2) is 6.10 Å². The normalized spacial score (nSPS) is 21.5. The fourth-order valence-electron chi connectivity index (χ4n) is 1.04. The Hall–Kier alpha value is -0.220. The van der Waals surface area contributed by atoms with Gasteiger partial charge in [-0.2, -0.15) is 11.8 Å². The van der Waals surface area contributed by atoms with Crippen molar-refractivity contribution >= 4 is 17.7 Å². The first kappa shape index (κ1) is 8.87. The lowest BCUT2D eigenvalue weighted by atomic mass is 10.3. The summed E-state index contributed by atoms with van der Waals surface area (Å²) in [6.07, 6.45) is -1.09. The van der Waals surface area contributed by atoms with Gasteiger partial charge in [0.2, 0.25) is 0 Å². The average Bonchev–Trinajstić information content (AvgIpc) is 2.05. The third kappa shape index (κ3) is 2.38. The van der Waals surface area contributed by atoms with Gasteiger partial charge in [0.1, 0.15) is 0 Å². The quantitative estimate of drug-likeness (QED) is 0.576. The minimum Gasteiger partial charge on any atom is -0.339 e. The lowest BCUT2D eigenvalue weighted by Gasteiger charge is -2.26. The molecule has 0 N–H and O–H groups in total. The van der Waals surface area contributed by atoms with E-state index in [9.17, 15) is 9.90 Å². The van der Waals surface area contributed by atoms with Crippen molar-refractivity contribution in [2.45, 2.75) is 13.0 Å². The average molecular weight is 174 g/mol. The van der Waals surface area contributed by atoms with Gasteiger partial charge in [0, 0.05) is 24.6 Å². The Morgan fingerprint density at radius 3 is 2.45 bits per heavy atom. The third-order valence-corrected chi connectivity index (χ3v) is 2.61. The Morgan fingerprint density at radius 1 is 1.45 bits per heavy atom. The molecule has 1 radical (unpaired) electrons. The van der Waals surface area contributed by atoms with Gasteiger partial charge in [-0.15, -0.1) is 0 Å². The van der Waals surface area contributed by atoms with Crippen LogP contribution in [0.1, 0.15) is 6.92 Å². The first-order valence-corrected chi connectivity index (χ1v) is 4.89. The summed E-state index contributed by atoms with van der Waals surface area (Å²) < 4.78 is 0. The lowest BCUT2D eigenvalue weighted by Crippen LogP contribution is -2.42. The zero-order chi connectivity index (χ0) is 8.27. The summed E-state index contributed by atoms with van der Waals surface area (Å²) in [5.41, 5.74) is 0. The van der Waals surface area contributed by atoms with E-state index in [-0.39, 0.29) is 5.91 Å². The standard InChI is InChI=1S/C7H12NO2S/c1-6(9)7(10)8-2-4-11-5-3-8/h6H,2-5H2,1H3. The maximum Gasteiger partial charge on any atom is 0.254 e. The molecule has 0 aromatic carbocycles. The Labute approximate surface area is 70.8 Å². The maximum absolute atomic E-state index is 11.1. The highest BCUT2D eigenvalue weighted by Crippen LogP contribution is 2.09. The van der Waals surface area contributed by atoms with Gasteiger partial charge in [0.05, 0.1) is 0 Å². The molecule has 1 amide bonds. The van der Waals surface area contributed by atoms with E-state index in [1.54, 1.807) is 4.90 Å². The van der Waals surface area contributed by atoms with Crippen molar-refractivity contribution in [3.8, 4) is 0 Å². The second-order valence-corrected chi connectivity index (χ2v) is 3.80. The molecule has 1 heterocycles. The topological polar surface area (TPSA) is 40.2 Å². The number of hydrogen-bond acceptors (Lipinski definition) is 2. The van der Waals surface area contributed by atoms with Crippen LogP contribution in [0.25, 0.3) is 0 Å². The van der Waals surface area contributed by atoms with Crippen molar-refractivity contribution < 1.29 is 9.90 Å². The first-order valence-electron chi connectivity index (χ1n) is 3.74. The number of thioether (sulfide) groups is 1. The second-order valence-electron chi connectivity index (χ2n) is 2.58. The molecule has 0 saturated carbocycles. The van der Waals surface area contributed by atoms with E-state index >= 15 is 0 Å². The molecule has 0 aliphatic carbocycles. The van der Waals surface area contributed by atoms with Gasteiger partial charge in [-0.25, -0.2) is 5.11 Å². The van der Waals surface area contributed by atoms with Crippen LogP contribution in [-0.2, 0) is 9.90 Å². The van der Waals surface area contributed by atoms with Crippen LogP contribution in [0.5, 0.6) is 0 Å². The molecule has 0 aromatic heterocycles. The molecule has 4 heteroatoms. The Balaban J connectivity index is 2.39. The van der Waals surface area contributed by atoms with Crippen LogP contribution in [0.4, 0.5) is 0 Å². The summed E-state index contributed by atoms with van der Waals surface area (Å²) in [6, 6.07) is 0. The molecule has 1 atom stereocenters. The molecule has 1 unspecified atom stereocenters. The van der Waals surface area contributed by atoms with E-state index in [4.69, 9.17) is 0 Å². The minimum absolute atomic E-state index is 0.245. The van der Waals surface area contributed by atoms with Crippen molar-refractivity contribution in [2.24, 2.45) is 0 Å². The predicted octanol–water partition coefficient (Wildman–Crippen LogP) is 0.381. The predicted molar refractivity (Wildman–Crippen MR) is 44.1 cm³/mol. The van der Waals surface area contributed by atoms with E-state index in [1.807, 2.05) is 11.8 Å². The number of rotatable bonds is 1. The SMILES string of the molecule is CC([O])C(=O)N1CCSCC1. The highest BCUT2D eigenvalue weighted by atomic mass is 32.2. The van der Waals surface area contributed by atoms with Gasteiger partial charge >= 0.3 is 0 Å². The third-order valence-electron chi connectivity index (χ3n) is 1.67. The summed E-state index contributed by atoms with van der Waals surface area (Å²) >= 11 is 1.83. The lowest BCUT2D eigenvalue weighted by molar-refractivity contribution is -0.142. The number of carbonyl (C=O) groups excluding carboxylic acids is 1. The van der Waals surface area contributed by atoms with Gasteiger partial charge in [-0.05, 0) is 6.92 Å². The van der Waals surface area contributed by atoms with Crippen LogP contribution in [0.15, 0.2) is 0 Å². The van der Waals surface area contributed by atoms with Crippen molar-refractivity contribution in [1.82, 2.24) is 4.90 Å². The summed E-state index contributed by atoms with van der Waals surface area (Å²) in [4.78, 5) is 12.8. The van der Waals surface area contributed by atoms with Crippen LogP contribution in [-0.4, -0.2) is 41.5 Å². The molecule has 1 aliphatic rings. The highest BCUT2D eigenvalue weighted by Gasteiger charge is 2.20. The summed E-state index contributed by atoms with van der Waals surface area (Å²) in [5, 5.41) is 10.7. The molecule has 1 aliphatic heterocycles. The van der Waals surface area contributed by atoms with Crippen molar-refractivity contribution in [3.05, 3.63) is 0 Å². The van der Waals surface area contributed by atoms with E-state index in [0.717, 1.165) is 24.6 Å². The first-order chi connectivity index (χ1) is 5.22. The van der Waals surface area contributed by atoms with Crippen LogP contribution < -0.4 is 0 Å². The molecular formula is C7H12NO2S. The van der Waals surface area contributed by atoms with Crippen molar-refractivity contribution in [2.75, 3.05) is 24.6 Å². The van der Waals surface area contributed by atoms with E-state index in [1.165, 1.54) is 6.92 Å². The molecular weight excluding hydrogens is 162 g/mol. The molecule has 0 spiro atoms. The smallest absolute Gasteiger partial charge is 0.254 e. The Kier molecular flexibility index (Phi) is 3.20. The van der Waals surface area contributed by atoms with Gasteiger partial charge in [0.25, 0.3) is 5.91 Å². The molecule has 3 nitrogen and oxygen atoms in total. The van der Waals surface area contributed by atoms with E-state index < -0.39 is 6.10 Å². The number of nitrogens with zero attached hydrogens (tertiary/aromatic N) is 1. The number of hydrogen-bond donors (Lipinski definition) is 0. The van der Waals surface area contributed by atoms with E-state index in [2.05, 4.69) is 0 Å². The van der Waals surface area contributed by atoms with Crippen molar-refractivity contribution in [3.63, 3.8) is 0 Å². The molecule has 1 rings (SSSR count). The summed E-state index contributed by atoms with van der Waals surface area (Å²) in [6.45, 7) is 2.90. The maximum atomic E-state index is 11.1.